The van der Waals surface area contributed by atoms with Crippen molar-refractivity contribution in [2.45, 2.75) is 32.5 Å². The lowest BCUT2D eigenvalue weighted by atomic mass is 10.0. The summed E-state index contributed by atoms with van der Waals surface area (Å²) in [7, 11) is 0. The summed E-state index contributed by atoms with van der Waals surface area (Å²) in [6, 6.07) is 19.9. The molecule has 0 bridgehead atoms. The van der Waals surface area contributed by atoms with Crippen molar-refractivity contribution in [3.8, 4) is 28.7 Å². The third-order valence-electron chi connectivity index (χ3n) is 5.61. The standard InChI is InChI=1S/C28H32N4O5/c1-3-26(28(35)31-13-12-30-17-22(33)18-36-23-9-5-4-6-10-23)37-24-11-7-8-20(14-24)25-15-21(16-29)27(34)32-19(25)2/h4-11,14-15,22,26,30,33H,3,12-13,17-18H2,1-2H3,(H,31,35)(H,32,34). The van der Waals surface area contributed by atoms with Gasteiger partial charge in [-0.15, -0.1) is 0 Å². The summed E-state index contributed by atoms with van der Waals surface area (Å²) < 4.78 is 11.5. The van der Waals surface area contributed by atoms with Gasteiger partial charge in [0.2, 0.25) is 0 Å². The van der Waals surface area contributed by atoms with Crippen molar-refractivity contribution in [2.75, 3.05) is 26.2 Å². The number of nitrogens with zero attached hydrogens (tertiary/aromatic N) is 1. The number of amides is 1. The van der Waals surface area contributed by atoms with Crippen LogP contribution in [0.25, 0.3) is 11.1 Å². The summed E-state index contributed by atoms with van der Waals surface area (Å²) >= 11 is 0. The second kappa shape index (κ2) is 13.8. The van der Waals surface area contributed by atoms with Crippen LogP contribution in [-0.4, -0.2) is 54.4 Å². The summed E-state index contributed by atoms with van der Waals surface area (Å²) in [4.78, 5) is 27.2. The number of hydrogen-bond acceptors (Lipinski definition) is 7. The minimum Gasteiger partial charge on any atom is -0.491 e. The fraction of sp³-hybridized carbons (Fsp3) is 0.321. The Hall–Kier alpha value is -4.13. The lowest BCUT2D eigenvalue weighted by molar-refractivity contribution is -0.128. The maximum Gasteiger partial charge on any atom is 0.266 e. The quantitative estimate of drug-likeness (QED) is 0.263. The first-order valence-corrected chi connectivity index (χ1v) is 12.2. The Labute approximate surface area is 216 Å². The number of pyridine rings is 1. The molecule has 9 heteroatoms. The van der Waals surface area contributed by atoms with E-state index in [4.69, 9.17) is 9.47 Å². The first kappa shape index (κ1) is 27.5. The normalized spacial score (nSPS) is 12.3. The van der Waals surface area contributed by atoms with E-state index < -0.39 is 17.8 Å². The Morgan fingerprint density at radius 2 is 1.86 bits per heavy atom. The number of aliphatic hydroxyl groups is 1. The van der Waals surface area contributed by atoms with Gasteiger partial charge in [-0.2, -0.15) is 5.26 Å². The highest BCUT2D eigenvalue weighted by atomic mass is 16.5. The third kappa shape index (κ3) is 8.20. The molecule has 0 spiro atoms. The third-order valence-corrected chi connectivity index (χ3v) is 5.61. The Kier molecular flexibility index (Phi) is 10.3. The molecule has 2 aromatic carbocycles. The molecule has 9 nitrogen and oxygen atoms in total. The van der Waals surface area contributed by atoms with Crippen LogP contribution >= 0.6 is 0 Å². The highest BCUT2D eigenvalue weighted by Crippen LogP contribution is 2.26. The van der Waals surface area contributed by atoms with Crippen molar-refractivity contribution in [1.29, 1.82) is 5.26 Å². The smallest absolute Gasteiger partial charge is 0.266 e. The molecule has 0 saturated carbocycles. The zero-order valence-electron chi connectivity index (χ0n) is 21.0. The number of aryl methyl sites for hydroxylation is 1. The number of ether oxygens (including phenoxy) is 2. The molecule has 194 valence electrons. The second-order valence-electron chi connectivity index (χ2n) is 8.48. The number of hydrogen-bond donors (Lipinski definition) is 4. The Morgan fingerprint density at radius 1 is 1.11 bits per heavy atom. The molecular formula is C28H32N4O5. The van der Waals surface area contributed by atoms with Crippen LogP contribution < -0.4 is 25.7 Å². The van der Waals surface area contributed by atoms with E-state index >= 15 is 0 Å². The van der Waals surface area contributed by atoms with Crippen LogP contribution in [0, 0.1) is 18.3 Å². The highest BCUT2D eigenvalue weighted by molar-refractivity contribution is 5.81. The molecule has 4 N–H and O–H groups in total. The molecule has 37 heavy (non-hydrogen) atoms. The summed E-state index contributed by atoms with van der Waals surface area (Å²) in [5.41, 5.74) is 1.71. The maximum absolute atomic E-state index is 12.7. The largest absolute Gasteiger partial charge is 0.491 e. The number of rotatable bonds is 13. The summed E-state index contributed by atoms with van der Waals surface area (Å²) in [5.74, 6) is 0.962. The van der Waals surface area contributed by atoms with Crippen molar-refractivity contribution in [2.24, 2.45) is 0 Å². The van der Waals surface area contributed by atoms with Gasteiger partial charge in [-0.25, -0.2) is 0 Å². The average molecular weight is 505 g/mol. The van der Waals surface area contributed by atoms with Crippen LogP contribution in [0.3, 0.4) is 0 Å². The predicted molar refractivity (Wildman–Crippen MR) is 140 cm³/mol. The van der Waals surface area contributed by atoms with E-state index in [1.807, 2.05) is 49.4 Å². The summed E-state index contributed by atoms with van der Waals surface area (Å²) in [6.45, 7) is 4.98. The molecule has 0 aliphatic carbocycles. The van der Waals surface area contributed by atoms with E-state index in [9.17, 15) is 20.0 Å². The second-order valence-corrected chi connectivity index (χ2v) is 8.48. The van der Waals surface area contributed by atoms with E-state index in [0.717, 1.165) is 5.56 Å². The van der Waals surface area contributed by atoms with Crippen molar-refractivity contribution < 1.29 is 19.4 Å². The fourth-order valence-corrected chi connectivity index (χ4v) is 3.65. The van der Waals surface area contributed by atoms with Gasteiger partial charge in [-0.3, -0.25) is 9.59 Å². The van der Waals surface area contributed by atoms with Crippen LogP contribution in [0.5, 0.6) is 11.5 Å². The topological polar surface area (TPSA) is 136 Å². The number of nitriles is 1. The first-order valence-electron chi connectivity index (χ1n) is 12.2. The van der Waals surface area contributed by atoms with Gasteiger partial charge in [0.1, 0.15) is 35.8 Å². The van der Waals surface area contributed by atoms with Crippen LogP contribution in [-0.2, 0) is 4.79 Å². The monoisotopic (exact) mass is 504 g/mol. The van der Waals surface area contributed by atoms with Crippen LogP contribution in [0.2, 0.25) is 0 Å². The molecule has 0 aliphatic rings. The molecule has 2 atom stereocenters. The Morgan fingerprint density at radius 3 is 2.59 bits per heavy atom. The van der Waals surface area contributed by atoms with Crippen molar-refractivity contribution in [1.82, 2.24) is 15.6 Å². The lowest BCUT2D eigenvalue weighted by Crippen LogP contribution is -2.42. The Balaban J connectivity index is 1.46. The van der Waals surface area contributed by atoms with Gasteiger partial charge in [-0.1, -0.05) is 37.3 Å². The average Bonchev–Trinajstić information content (AvgIpc) is 2.91. The van der Waals surface area contributed by atoms with Crippen molar-refractivity contribution in [3.05, 3.63) is 82.3 Å². The first-order chi connectivity index (χ1) is 17.9. The number of nitrogens with one attached hydrogen (secondary N) is 3. The maximum atomic E-state index is 12.7. The number of H-pyrrole nitrogens is 1. The van der Waals surface area contributed by atoms with Crippen molar-refractivity contribution >= 4 is 5.91 Å². The van der Waals surface area contributed by atoms with Crippen molar-refractivity contribution in [3.63, 3.8) is 0 Å². The number of aromatic nitrogens is 1. The molecule has 0 radical (unpaired) electrons. The molecular weight excluding hydrogens is 472 g/mol. The number of carbonyl (C=O) groups is 1. The Bertz CT molecular complexity index is 1270. The van der Waals surface area contributed by atoms with Crippen LogP contribution in [0.15, 0.2) is 65.5 Å². The molecule has 0 fully saturated rings. The van der Waals surface area contributed by atoms with Crippen LogP contribution in [0.4, 0.5) is 0 Å². The van der Waals surface area contributed by atoms with E-state index in [1.165, 1.54) is 0 Å². The fourth-order valence-electron chi connectivity index (χ4n) is 3.65. The zero-order valence-corrected chi connectivity index (χ0v) is 21.0. The van der Waals surface area contributed by atoms with Gasteiger partial charge in [0, 0.05) is 30.9 Å². The van der Waals surface area contributed by atoms with E-state index in [2.05, 4.69) is 15.6 Å². The molecule has 1 aromatic heterocycles. The predicted octanol–water partition coefficient (Wildman–Crippen LogP) is 2.53. The van der Waals surface area contributed by atoms with Gasteiger partial charge in [0.25, 0.3) is 11.5 Å². The SMILES string of the molecule is CCC(Oc1cccc(-c2cc(C#N)c(=O)[nH]c2C)c1)C(=O)NCCNCC(O)COc1ccccc1. The van der Waals surface area contributed by atoms with Gasteiger partial charge in [0.15, 0.2) is 6.10 Å². The molecule has 3 aromatic rings. The number of para-hydroxylation sites is 1. The molecule has 1 amide bonds. The number of benzene rings is 2. The van der Waals surface area contributed by atoms with Gasteiger partial charge >= 0.3 is 0 Å². The minimum absolute atomic E-state index is 0.0302. The van der Waals surface area contributed by atoms with E-state index in [-0.39, 0.29) is 18.1 Å². The molecule has 0 aliphatic heterocycles. The van der Waals surface area contributed by atoms with Crippen LogP contribution in [0.1, 0.15) is 24.6 Å². The number of aliphatic hydroxyl groups excluding tert-OH is 1. The van der Waals surface area contributed by atoms with Gasteiger partial charge < -0.3 is 30.2 Å². The molecule has 0 saturated heterocycles. The molecule has 1 heterocycles. The van der Waals surface area contributed by atoms with Gasteiger partial charge in [-0.05, 0) is 49.2 Å². The summed E-state index contributed by atoms with van der Waals surface area (Å²) in [5, 5.41) is 25.2. The van der Waals surface area contributed by atoms with Gasteiger partial charge in [0.05, 0.1) is 0 Å². The van der Waals surface area contributed by atoms with E-state index in [0.29, 0.717) is 48.8 Å². The van der Waals surface area contributed by atoms with E-state index in [1.54, 1.807) is 31.2 Å². The number of carbonyl (C=O) groups excluding carboxylic acids is 1. The number of aromatic amines is 1. The minimum atomic E-state index is -0.688. The molecule has 3 rings (SSSR count). The lowest BCUT2D eigenvalue weighted by Gasteiger charge is -2.18. The summed E-state index contributed by atoms with van der Waals surface area (Å²) in [6.07, 6.45) is -0.897. The highest BCUT2D eigenvalue weighted by Gasteiger charge is 2.18. The molecule has 2 unspecified atom stereocenters. The zero-order chi connectivity index (χ0) is 26.6.